The molecule has 0 fully saturated rings. The summed E-state index contributed by atoms with van der Waals surface area (Å²) in [6.07, 6.45) is 1.96. The zero-order valence-electron chi connectivity index (χ0n) is 21.3. The number of rotatable bonds is 13. The van der Waals surface area contributed by atoms with Gasteiger partial charge >= 0.3 is 0 Å². The lowest BCUT2D eigenvalue weighted by Gasteiger charge is -2.32. The molecule has 3 rings (SSSR count). The van der Waals surface area contributed by atoms with Gasteiger partial charge in [-0.3, -0.25) is 9.59 Å². The largest absolute Gasteiger partial charge is 0.494 e. The summed E-state index contributed by atoms with van der Waals surface area (Å²) in [6, 6.07) is 23.8. The smallest absolute Gasteiger partial charge is 0.243 e. The first kappa shape index (κ1) is 28.5. The Morgan fingerprint density at radius 3 is 2.24 bits per heavy atom. The van der Waals surface area contributed by atoms with E-state index in [1.54, 1.807) is 17.0 Å². The SMILES string of the molecule is CC[C@@H](C)NC(=O)[C@@H](Cc1ccccc1)N(Cc1ccc(Cl)c(Cl)c1)C(=O)CCCOc1ccccc1. The minimum atomic E-state index is -0.687. The topological polar surface area (TPSA) is 58.6 Å². The number of nitrogens with zero attached hydrogens (tertiary/aromatic N) is 1. The Kier molecular flexibility index (Phi) is 11.3. The molecule has 0 aliphatic carbocycles. The third kappa shape index (κ3) is 9.10. The summed E-state index contributed by atoms with van der Waals surface area (Å²) in [5, 5.41) is 3.93. The lowest BCUT2D eigenvalue weighted by Crippen LogP contribution is -2.52. The average molecular weight is 542 g/mol. The molecule has 0 bridgehead atoms. The molecule has 0 heterocycles. The van der Waals surface area contributed by atoms with Gasteiger partial charge in [0.15, 0.2) is 0 Å². The van der Waals surface area contributed by atoms with Gasteiger partial charge in [0.25, 0.3) is 0 Å². The first-order valence-electron chi connectivity index (χ1n) is 12.6. The molecule has 0 unspecified atom stereocenters. The van der Waals surface area contributed by atoms with E-state index in [0.717, 1.165) is 23.3 Å². The third-order valence-electron chi connectivity index (χ3n) is 6.16. The fraction of sp³-hybridized carbons (Fsp3) is 0.333. The highest BCUT2D eigenvalue weighted by molar-refractivity contribution is 6.42. The maximum absolute atomic E-state index is 13.6. The van der Waals surface area contributed by atoms with E-state index in [-0.39, 0.29) is 30.8 Å². The number of para-hydroxylation sites is 1. The van der Waals surface area contributed by atoms with Crippen molar-refractivity contribution in [3.8, 4) is 5.75 Å². The van der Waals surface area contributed by atoms with Crippen molar-refractivity contribution in [3.63, 3.8) is 0 Å². The number of ether oxygens (including phenoxy) is 1. The van der Waals surface area contributed by atoms with Gasteiger partial charge in [-0.15, -0.1) is 0 Å². The summed E-state index contributed by atoms with van der Waals surface area (Å²) in [7, 11) is 0. The molecule has 2 amide bonds. The van der Waals surface area contributed by atoms with Crippen LogP contribution in [0, 0.1) is 0 Å². The van der Waals surface area contributed by atoms with Crippen molar-refractivity contribution in [2.45, 2.75) is 58.2 Å². The molecule has 196 valence electrons. The van der Waals surface area contributed by atoms with Crippen LogP contribution in [0.5, 0.6) is 5.75 Å². The fourth-order valence-corrected chi connectivity index (χ4v) is 4.22. The predicted molar refractivity (Wildman–Crippen MR) is 150 cm³/mol. The lowest BCUT2D eigenvalue weighted by molar-refractivity contribution is -0.141. The molecule has 0 aliphatic rings. The van der Waals surface area contributed by atoms with E-state index in [4.69, 9.17) is 27.9 Å². The highest BCUT2D eigenvalue weighted by Crippen LogP contribution is 2.25. The fourth-order valence-electron chi connectivity index (χ4n) is 3.90. The Labute approximate surface area is 229 Å². The summed E-state index contributed by atoms with van der Waals surface area (Å²) in [5.41, 5.74) is 1.78. The van der Waals surface area contributed by atoms with Crippen molar-refractivity contribution in [3.05, 3.63) is 100 Å². The van der Waals surface area contributed by atoms with Gasteiger partial charge in [0.1, 0.15) is 11.8 Å². The van der Waals surface area contributed by atoms with Crippen molar-refractivity contribution in [2.24, 2.45) is 0 Å². The van der Waals surface area contributed by atoms with Gasteiger partial charge in [-0.2, -0.15) is 0 Å². The first-order chi connectivity index (χ1) is 17.9. The second kappa shape index (κ2) is 14.7. The van der Waals surface area contributed by atoms with Crippen LogP contribution in [0.4, 0.5) is 0 Å². The number of hydrogen-bond acceptors (Lipinski definition) is 3. The number of halogens is 2. The summed E-state index contributed by atoms with van der Waals surface area (Å²) >= 11 is 12.4. The number of carbonyl (C=O) groups excluding carboxylic acids is 2. The van der Waals surface area contributed by atoms with E-state index in [1.165, 1.54) is 0 Å². The highest BCUT2D eigenvalue weighted by Gasteiger charge is 2.30. The van der Waals surface area contributed by atoms with Gasteiger partial charge in [0.2, 0.25) is 11.8 Å². The molecule has 0 spiro atoms. The molecule has 0 saturated heterocycles. The normalized spacial score (nSPS) is 12.4. The molecule has 5 nitrogen and oxygen atoms in total. The van der Waals surface area contributed by atoms with E-state index in [9.17, 15) is 9.59 Å². The minimum Gasteiger partial charge on any atom is -0.494 e. The van der Waals surface area contributed by atoms with Gasteiger partial charge in [-0.1, -0.05) is 84.7 Å². The molecule has 0 saturated carbocycles. The lowest BCUT2D eigenvalue weighted by atomic mass is 10.0. The van der Waals surface area contributed by atoms with Crippen LogP contribution in [0.1, 0.15) is 44.2 Å². The van der Waals surface area contributed by atoms with Crippen LogP contribution >= 0.6 is 23.2 Å². The summed E-state index contributed by atoms with van der Waals surface area (Å²) in [6.45, 7) is 4.62. The minimum absolute atomic E-state index is 0.00743. The van der Waals surface area contributed by atoms with Crippen molar-refractivity contribution in [1.82, 2.24) is 10.2 Å². The Hall–Kier alpha value is -3.02. The summed E-state index contributed by atoms with van der Waals surface area (Å²) in [5.74, 6) is 0.465. The molecular weight excluding hydrogens is 507 g/mol. The van der Waals surface area contributed by atoms with Crippen molar-refractivity contribution >= 4 is 35.0 Å². The van der Waals surface area contributed by atoms with Crippen LogP contribution < -0.4 is 10.1 Å². The molecule has 0 aromatic heterocycles. The number of nitrogens with one attached hydrogen (secondary N) is 1. The first-order valence-corrected chi connectivity index (χ1v) is 13.4. The standard InChI is InChI=1S/C30H34Cl2N2O3/c1-3-22(2)33-30(36)28(20-23-11-6-4-7-12-23)34(21-24-16-17-26(31)27(32)19-24)29(35)15-10-18-37-25-13-8-5-9-14-25/h4-9,11-14,16-17,19,22,28H,3,10,15,18,20-21H2,1-2H3,(H,33,36)/t22-,28-/m1/s1. The second-order valence-electron chi connectivity index (χ2n) is 9.06. The predicted octanol–water partition coefficient (Wildman–Crippen LogP) is 6.71. The number of benzene rings is 3. The molecule has 3 aromatic carbocycles. The van der Waals surface area contributed by atoms with E-state index in [0.29, 0.717) is 29.5 Å². The van der Waals surface area contributed by atoms with Crippen LogP contribution in [-0.2, 0) is 22.6 Å². The highest BCUT2D eigenvalue weighted by atomic mass is 35.5. The monoisotopic (exact) mass is 540 g/mol. The molecular formula is C30H34Cl2N2O3. The number of hydrogen-bond donors (Lipinski definition) is 1. The quantitative estimate of drug-likeness (QED) is 0.245. The molecule has 3 aromatic rings. The molecule has 0 radical (unpaired) electrons. The second-order valence-corrected chi connectivity index (χ2v) is 9.87. The Morgan fingerprint density at radius 2 is 1.59 bits per heavy atom. The van der Waals surface area contributed by atoms with Crippen LogP contribution in [0.15, 0.2) is 78.9 Å². The van der Waals surface area contributed by atoms with Gasteiger partial charge < -0.3 is 15.0 Å². The maximum atomic E-state index is 13.6. The molecule has 0 aliphatic heterocycles. The van der Waals surface area contributed by atoms with Gasteiger partial charge in [0.05, 0.1) is 16.7 Å². The van der Waals surface area contributed by atoms with Crippen molar-refractivity contribution in [2.75, 3.05) is 6.61 Å². The van der Waals surface area contributed by atoms with E-state index in [2.05, 4.69) is 5.32 Å². The summed E-state index contributed by atoms with van der Waals surface area (Å²) in [4.78, 5) is 28.8. The summed E-state index contributed by atoms with van der Waals surface area (Å²) < 4.78 is 5.77. The van der Waals surface area contributed by atoms with Crippen LogP contribution in [-0.4, -0.2) is 35.4 Å². The van der Waals surface area contributed by atoms with Crippen molar-refractivity contribution < 1.29 is 14.3 Å². The Morgan fingerprint density at radius 1 is 0.919 bits per heavy atom. The van der Waals surface area contributed by atoms with Crippen LogP contribution in [0.25, 0.3) is 0 Å². The third-order valence-corrected chi connectivity index (χ3v) is 6.89. The van der Waals surface area contributed by atoms with Crippen molar-refractivity contribution in [1.29, 1.82) is 0 Å². The van der Waals surface area contributed by atoms with E-state index >= 15 is 0 Å². The average Bonchev–Trinajstić information content (AvgIpc) is 2.91. The Balaban J connectivity index is 1.83. The van der Waals surface area contributed by atoms with E-state index in [1.807, 2.05) is 80.6 Å². The van der Waals surface area contributed by atoms with Crippen LogP contribution in [0.3, 0.4) is 0 Å². The number of amides is 2. The van der Waals surface area contributed by atoms with Gasteiger partial charge in [-0.25, -0.2) is 0 Å². The Bertz CT molecular complexity index is 1140. The molecule has 1 N–H and O–H groups in total. The molecule has 37 heavy (non-hydrogen) atoms. The zero-order valence-corrected chi connectivity index (χ0v) is 22.8. The van der Waals surface area contributed by atoms with Gasteiger partial charge in [0, 0.05) is 25.4 Å². The molecule has 7 heteroatoms. The maximum Gasteiger partial charge on any atom is 0.243 e. The molecule has 2 atom stereocenters. The zero-order chi connectivity index (χ0) is 26.6. The number of carbonyl (C=O) groups is 2. The van der Waals surface area contributed by atoms with Crippen LogP contribution in [0.2, 0.25) is 10.0 Å². The van der Waals surface area contributed by atoms with E-state index < -0.39 is 6.04 Å². The van der Waals surface area contributed by atoms with Gasteiger partial charge in [-0.05, 0) is 55.2 Å².